The predicted molar refractivity (Wildman–Crippen MR) is 80.8 cm³/mol. The number of nitrogens with zero attached hydrogens (tertiary/aromatic N) is 1. The third-order valence-corrected chi connectivity index (χ3v) is 4.24. The number of carboxylic acids is 1. The van der Waals surface area contributed by atoms with Crippen molar-refractivity contribution in [2.24, 2.45) is 0 Å². The Kier molecular flexibility index (Phi) is 3.30. The van der Waals surface area contributed by atoms with Gasteiger partial charge in [-0.15, -0.1) is 11.3 Å². The molecule has 0 aliphatic carbocycles. The summed E-state index contributed by atoms with van der Waals surface area (Å²) in [7, 11) is 1.59. The molecule has 0 saturated carbocycles. The van der Waals surface area contributed by atoms with Gasteiger partial charge < -0.3 is 19.4 Å². The molecule has 3 aromatic rings. The average molecular weight is 318 g/mol. The number of fused-ring (bicyclic) bond motifs is 1. The van der Waals surface area contributed by atoms with E-state index >= 15 is 0 Å². The Morgan fingerprint density at radius 1 is 1.36 bits per heavy atom. The molecule has 8 heteroatoms. The van der Waals surface area contributed by atoms with Crippen molar-refractivity contribution in [2.75, 3.05) is 11.9 Å². The number of amides is 1. The molecule has 3 rings (SSSR count). The van der Waals surface area contributed by atoms with E-state index in [4.69, 9.17) is 9.52 Å². The Morgan fingerprint density at radius 3 is 2.77 bits per heavy atom. The van der Waals surface area contributed by atoms with Crippen molar-refractivity contribution in [3.63, 3.8) is 0 Å². The second kappa shape index (κ2) is 5.15. The summed E-state index contributed by atoms with van der Waals surface area (Å²) in [5, 5.41) is 9.47. The van der Waals surface area contributed by atoms with Crippen LogP contribution in [0.1, 0.15) is 20.8 Å². The molecular weight excluding hydrogens is 308 g/mol. The number of nitrogens with one attached hydrogen (secondary N) is 1. The van der Waals surface area contributed by atoms with Crippen LogP contribution in [0.4, 0.5) is 5.00 Å². The highest BCUT2D eigenvalue weighted by atomic mass is 32.1. The molecule has 0 radical (unpaired) electrons. The molecule has 1 amide bonds. The Labute approximate surface area is 127 Å². The van der Waals surface area contributed by atoms with Crippen LogP contribution in [0.25, 0.3) is 10.3 Å². The van der Waals surface area contributed by atoms with Crippen LogP contribution in [-0.2, 0) is 0 Å². The van der Waals surface area contributed by atoms with E-state index in [-0.39, 0.29) is 11.5 Å². The molecule has 0 aromatic carbocycles. The molecule has 0 saturated heterocycles. The van der Waals surface area contributed by atoms with Gasteiger partial charge in [0.2, 0.25) is 0 Å². The van der Waals surface area contributed by atoms with Crippen LogP contribution in [0.2, 0.25) is 0 Å². The number of hydrogen-bond donors (Lipinski definition) is 2. The van der Waals surface area contributed by atoms with Gasteiger partial charge in [-0.3, -0.25) is 4.79 Å². The Bertz CT molecular complexity index is 923. The zero-order valence-corrected chi connectivity index (χ0v) is 12.1. The summed E-state index contributed by atoms with van der Waals surface area (Å²) < 4.78 is 5.47. The van der Waals surface area contributed by atoms with Crippen molar-refractivity contribution in [3.05, 3.63) is 52.1 Å². The SMILES string of the molecule is CN(C(=O)c1ccc[nH]1)c1cc2oc(=O)c(C(=O)O)cc2s1. The maximum Gasteiger partial charge on any atom is 0.351 e. The Balaban J connectivity index is 2.03. The van der Waals surface area contributed by atoms with Gasteiger partial charge in [-0.1, -0.05) is 0 Å². The molecule has 0 bridgehead atoms. The molecular formula is C14H10N2O5S. The largest absolute Gasteiger partial charge is 0.477 e. The normalized spacial score (nSPS) is 10.8. The number of anilines is 1. The van der Waals surface area contributed by atoms with E-state index in [0.29, 0.717) is 15.4 Å². The lowest BCUT2D eigenvalue weighted by Crippen LogP contribution is -2.25. The number of thiophene rings is 1. The standard InChI is InChI=1S/C14H10N2O5S/c1-16(12(17)8-3-2-4-15-8)11-6-9-10(22-11)5-7(13(18)19)14(20)21-9/h2-6,15H,1H3,(H,18,19). The van der Waals surface area contributed by atoms with Crippen LogP contribution < -0.4 is 10.5 Å². The summed E-state index contributed by atoms with van der Waals surface area (Å²) in [4.78, 5) is 38.9. The minimum Gasteiger partial charge on any atom is -0.477 e. The number of aromatic carboxylic acids is 1. The lowest BCUT2D eigenvalue weighted by molar-refractivity contribution is 0.0692. The van der Waals surface area contributed by atoms with Crippen molar-refractivity contribution in [1.82, 2.24) is 4.98 Å². The highest BCUT2D eigenvalue weighted by Gasteiger charge is 2.19. The molecule has 0 fully saturated rings. The molecule has 0 unspecified atom stereocenters. The van der Waals surface area contributed by atoms with Gasteiger partial charge in [-0.2, -0.15) is 0 Å². The van der Waals surface area contributed by atoms with Crippen molar-refractivity contribution < 1.29 is 19.1 Å². The highest BCUT2D eigenvalue weighted by Crippen LogP contribution is 2.32. The zero-order chi connectivity index (χ0) is 15.9. The van der Waals surface area contributed by atoms with Gasteiger partial charge in [0.25, 0.3) is 5.91 Å². The maximum atomic E-state index is 12.2. The molecule has 0 atom stereocenters. The molecule has 0 spiro atoms. The highest BCUT2D eigenvalue weighted by molar-refractivity contribution is 7.22. The second-order valence-corrected chi connectivity index (χ2v) is 5.58. The second-order valence-electron chi connectivity index (χ2n) is 4.51. The fourth-order valence-corrected chi connectivity index (χ4v) is 2.95. The minimum atomic E-state index is -1.35. The summed E-state index contributed by atoms with van der Waals surface area (Å²) in [6.45, 7) is 0. The van der Waals surface area contributed by atoms with Gasteiger partial charge in [0.15, 0.2) is 5.58 Å². The third kappa shape index (κ3) is 2.29. The number of rotatable bonds is 3. The topological polar surface area (TPSA) is 104 Å². The third-order valence-electron chi connectivity index (χ3n) is 3.10. The monoisotopic (exact) mass is 318 g/mol. The van der Waals surface area contributed by atoms with Crippen LogP contribution in [0.3, 0.4) is 0 Å². The lowest BCUT2D eigenvalue weighted by Gasteiger charge is -2.13. The van der Waals surface area contributed by atoms with Gasteiger partial charge >= 0.3 is 11.6 Å². The molecule has 2 N–H and O–H groups in total. The van der Waals surface area contributed by atoms with Crippen LogP contribution in [0.15, 0.2) is 39.7 Å². The quantitative estimate of drug-likeness (QED) is 0.770. The first-order chi connectivity index (χ1) is 10.5. The van der Waals surface area contributed by atoms with Gasteiger partial charge in [0, 0.05) is 19.3 Å². The molecule has 7 nitrogen and oxygen atoms in total. The molecule has 3 aromatic heterocycles. The average Bonchev–Trinajstić information content (AvgIpc) is 3.13. The summed E-state index contributed by atoms with van der Waals surface area (Å²) in [6, 6.07) is 6.15. The van der Waals surface area contributed by atoms with E-state index in [1.807, 2.05) is 0 Å². The molecule has 0 aliphatic heterocycles. The van der Waals surface area contributed by atoms with E-state index in [2.05, 4.69) is 4.98 Å². The minimum absolute atomic E-state index is 0.251. The fourth-order valence-electron chi connectivity index (χ4n) is 1.96. The number of carbonyl (C=O) groups excluding carboxylic acids is 1. The van der Waals surface area contributed by atoms with E-state index in [9.17, 15) is 14.4 Å². The smallest absolute Gasteiger partial charge is 0.351 e. The molecule has 22 heavy (non-hydrogen) atoms. The molecule has 112 valence electrons. The van der Waals surface area contributed by atoms with Crippen molar-refractivity contribution in [2.45, 2.75) is 0 Å². The van der Waals surface area contributed by atoms with Gasteiger partial charge in [0.1, 0.15) is 16.3 Å². The van der Waals surface area contributed by atoms with Crippen LogP contribution in [0, 0.1) is 0 Å². The number of carbonyl (C=O) groups is 2. The van der Waals surface area contributed by atoms with Gasteiger partial charge in [-0.25, -0.2) is 9.59 Å². The summed E-state index contributed by atoms with van der Waals surface area (Å²) in [5.74, 6) is -1.60. The number of aromatic nitrogens is 1. The first kappa shape index (κ1) is 14.1. The summed E-state index contributed by atoms with van der Waals surface area (Å²) in [6.07, 6.45) is 1.64. The van der Waals surface area contributed by atoms with Crippen LogP contribution >= 0.6 is 11.3 Å². The first-order valence-corrected chi connectivity index (χ1v) is 7.01. The summed E-state index contributed by atoms with van der Waals surface area (Å²) >= 11 is 1.17. The van der Waals surface area contributed by atoms with E-state index in [1.165, 1.54) is 28.4 Å². The number of hydrogen-bond acceptors (Lipinski definition) is 5. The zero-order valence-electron chi connectivity index (χ0n) is 11.3. The van der Waals surface area contributed by atoms with Crippen LogP contribution in [0.5, 0.6) is 0 Å². The number of carboxylic acid groups (broad SMARTS) is 1. The van der Waals surface area contributed by atoms with E-state index in [1.54, 1.807) is 25.4 Å². The first-order valence-electron chi connectivity index (χ1n) is 6.20. The van der Waals surface area contributed by atoms with E-state index in [0.717, 1.165) is 0 Å². The summed E-state index contributed by atoms with van der Waals surface area (Å²) in [5.41, 5.74) is -0.671. The van der Waals surface area contributed by atoms with Crippen LogP contribution in [-0.4, -0.2) is 29.0 Å². The molecule has 0 aliphatic rings. The number of aromatic amines is 1. The Hall–Kier alpha value is -2.87. The van der Waals surface area contributed by atoms with Crippen molar-refractivity contribution in [3.8, 4) is 0 Å². The fraction of sp³-hybridized carbons (Fsp3) is 0.0714. The van der Waals surface area contributed by atoms with Crippen molar-refractivity contribution >= 4 is 38.5 Å². The van der Waals surface area contributed by atoms with Gasteiger partial charge in [-0.05, 0) is 18.2 Å². The van der Waals surface area contributed by atoms with E-state index < -0.39 is 17.2 Å². The number of H-pyrrole nitrogens is 1. The lowest BCUT2D eigenvalue weighted by atomic mass is 10.3. The Morgan fingerprint density at radius 2 is 2.14 bits per heavy atom. The molecule has 3 heterocycles. The van der Waals surface area contributed by atoms with Crippen molar-refractivity contribution in [1.29, 1.82) is 0 Å². The predicted octanol–water partition coefficient (Wildman–Crippen LogP) is 2.16. The van der Waals surface area contributed by atoms with Gasteiger partial charge in [0.05, 0.1) is 4.70 Å². The maximum absolute atomic E-state index is 12.2.